The molecule has 0 radical (unpaired) electrons. The van der Waals surface area contributed by atoms with E-state index >= 15 is 0 Å². The smallest absolute Gasteiger partial charge is 0.340 e. The number of fused-ring (bicyclic) bond motifs is 8. The average Bonchev–Trinajstić information content (AvgIpc) is 3.92. The second kappa shape index (κ2) is 11.5. The summed E-state index contributed by atoms with van der Waals surface area (Å²) < 4.78 is 0. The van der Waals surface area contributed by atoms with E-state index in [9.17, 15) is 19.8 Å². The van der Waals surface area contributed by atoms with Crippen LogP contribution in [0.4, 0.5) is 0 Å². The number of aromatic amines is 2. The predicted molar refractivity (Wildman–Crippen MR) is 185 cm³/mol. The lowest BCUT2D eigenvalue weighted by Crippen LogP contribution is -2.01. The van der Waals surface area contributed by atoms with Crippen molar-refractivity contribution in [3.05, 3.63) is 131 Å². The molecule has 7 heterocycles. The molecule has 48 heavy (non-hydrogen) atoms. The van der Waals surface area contributed by atoms with Crippen LogP contribution in [0.3, 0.4) is 0 Å². The molecule has 10 nitrogen and oxygen atoms in total. The van der Waals surface area contributed by atoms with Crippen LogP contribution in [0.2, 0.25) is 0 Å². The molecule has 0 atom stereocenters. The highest BCUT2D eigenvalue weighted by molar-refractivity contribution is 6.07. The predicted octanol–water partition coefficient (Wildman–Crippen LogP) is 7.84. The summed E-state index contributed by atoms with van der Waals surface area (Å²) >= 11 is 0. The Kier molecular flexibility index (Phi) is 6.81. The van der Waals surface area contributed by atoms with Crippen molar-refractivity contribution in [1.29, 1.82) is 0 Å². The number of hydrogen-bond donors (Lipinski definition) is 4. The number of carbonyl (C=O) groups is 2. The Balaban J connectivity index is 1.51. The molecule has 0 saturated carbocycles. The van der Waals surface area contributed by atoms with Crippen LogP contribution in [0.25, 0.3) is 79.8 Å². The van der Waals surface area contributed by atoms with E-state index in [-0.39, 0.29) is 22.5 Å². The van der Waals surface area contributed by atoms with Crippen LogP contribution in [-0.2, 0) is 0 Å². The summed E-state index contributed by atoms with van der Waals surface area (Å²) in [4.78, 5) is 50.1. The molecule has 0 unspecified atom stereocenters. The fraction of sp³-hybridized carbons (Fsp3) is 0. The topological polar surface area (TPSA) is 158 Å². The molecule has 5 aromatic heterocycles. The number of nitrogens with zero attached hydrogens (tertiary/aromatic N) is 4. The number of nitrogens with one attached hydrogen (secondary N) is 2. The fourth-order valence-corrected chi connectivity index (χ4v) is 6.14. The van der Waals surface area contributed by atoms with Gasteiger partial charge in [-0.2, -0.15) is 0 Å². The SMILES string of the molecule is O=C(O)c1c2nc(cc3cc(-c4cccc(-c5ccncc5)c4)c([nH]3)c(C(=O)O)c3nc(c(-c4ccncc4)c4ccc1[nH]4)C=C3)C=C2. The maximum atomic E-state index is 13.1. The largest absolute Gasteiger partial charge is 0.478 e. The lowest BCUT2D eigenvalue weighted by molar-refractivity contribution is 0.0687. The minimum absolute atomic E-state index is 0.00351. The van der Waals surface area contributed by atoms with Gasteiger partial charge in [0.15, 0.2) is 0 Å². The molecule has 0 fully saturated rings. The van der Waals surface area contributed by atoms with Crippen molar-refractivity contribution in [3.8, 4) is 33.4 Å². The van der Waals surface area contributed by atoms with Gasteiger partial charge in [0.05, 0.1) is 33.8 Å². The highest BCUT2D eigenvalue weighted by Crippen LogP contribution is 2.35. The van der Waals surface area contributed by atoms with Crippen molar-refractivity contribution < 1.29 is 19.8 Å². The molecule has 10 heteroatoms. The zero-order chi connectivity index (χ0) is 32.8. The number of aromatic carboxylic acids is 2. The first-order chi connectivity index (χ1) is 23.4. The van der Waals surface area contributed by atoms with Crippen molar-refractivity contribution in [2.75, 3.05) is 0 Å². The highest BCUT2D eigenvalue weighted by Gasteiger charge is 2.21. The molecule has 2 aliphatic heterocycles. The summed E-state index contributed by atoms with van der Waals surface area (Å²) in [6.45, 7) is 0. The van der Waals surface area contributed by atoms with Crippen LogP contribution in [0, 0.1) is 0 Å². The van der Waals surface area contributed by atoms with Crippen molar-refractivity contribution >= 4 is 58.3 Å². The highest BCUT2D eigenvalue weighted by atomic mass is 16.4. The van der Waals surface area contributed by atoms with Crippen LogP contribution >= 0.6 is 0 Å². The number of pyridine rings is 2. The van der Waals surface area contributed by atoms with Gasteiger partial charge in [-0.1, -0.05) is 18.2 Å². The number of H-pyrrole nitrogens is 2. The van der Waals surface area contributed by atoms with Crippen LogP contribution in [0.15, 0.2) is 97.6 Å². The maximum Gasteiger partial charge on any atom is 0.340 e. The second-order valence-electron chi connectivity index (χ2n) is 11.2. The Hall–Kier alpha value is -6.94. The maximum absolute atomic E-state index is 13.1. The zero-order valence-electron chi connectivity index (χ0n) is 25.0. The standard InChI is InChI=1S/C38H24N6O4/c45-37(46)34-30-5-4-25(41-30)19-26-20-27(24-3-1-2-23(18-24)21-10-14-39-15-11-21)36(42-26)35(38(47)48)32-9-7-29(44-32)33(22-12-16-40-17-13-22)28-6-8-31(34)43-28/h1-20,42-43H,(H,45,46)(H,47,48). The molecule has 8 rings (SSSR count). The Bertz CT molecular complexity index is 2510. The number of benzene rings is 1. The van der Waals surface area contributed by atoms with Gasteiger partial charge < -0.3 is 20.2 Å². The first kappa shape index (κ1) is 28.5. The van der Waals surface area contributed by atoms with E-state index in [1.807, 2.05) is 54.6 Å². The van der Waals surface area contributed by atoms with Gasteiger partial charge >= 0.3 is 11.9 Å². The fourth-order valence-electron chi connectivity index (χ4n) is 6.14. The van der Waals surface area contributed by atoms with Gasteiger partial charge in [0.25, 0.3) is 0 Å². The number of hydrogen-bond acceptors (Lipinski definition) is 6. The molecule has 230 valence electrons. The normalized spacial score (nSPS) is 11.9. The average molecular weight is 629 g/mol. The molecule has 1 aromatic carbocycles. The third kappa shape index (κ3) is 5.03. The van der Waals surface area contributed by atoms with E-state index in [1.54, 1.807) is 67.3 Å². The summed E-state index contributed by atoms with van der Waals surface area (Å²) in [5.41, 5.74) is 8.23. The molecule has 6 aromatic rings. The van der Waals surface area contributed by atoms with Crippen LogP contribution in [-0.4, -0.2) is 52.1 Å². The zero-order valence-corrected chi connectivity index (χ0v) is 25.0. The third-order valence-corrected chi connectivity index (χ3v) is 8.27. The quantitative estimate of drug-likeness (QED) is 0.150. The summed E-state index contributed by atoms with van der Waals surface area (Å²) in [5, 5.41) is 21.0. The van der Waals surface area contributed by atoms with E-state index in [2.05, 4.69) is 24.9 Å². The number of carboxylic acid groups (broad SMARTS) is 2. The van der Waals surface area contributed by atoms with Crippen LogP contribution in [0.1, 0.15) is 43.5 Å². The van der Waals surface area contributed by atoms with Crippen LogP contribution < -0.4 is 0 Å². The van der Waals surface area contributed by atoms with Crippen molar-refractivity contribution in [3.63, 3.8) is 0 Å². The third-order valence-electron chi connectivity index (χ3n) is 8.27. The minimum Gasteiger partial charge on any atom is -0.478 e. The molecule has 8 bridgehead atoms. The van der Waals surface area contributed by atoms with Gasteiger partial charge in [-0.3, -0.25) is 9.97 Å². The van der Waals surface area contributed by atoms with Gasteiger partial charge in [-0.05, 0) is 101 Å². The van der Waals surface area contributed by atoms with E-state index in [0.29, 0.717) is 44.6 Å². The Morgan fingerprint density at radius 3 is 1.96 bits per heavy atom. The van der Waals surface area contributed by atoms with Gasteiger partial charge in [-0.25, -0.2) is 19.6 Å². The van der Waals surface area contributed by atoms with Crippen molar-refractivity contribution in [2.24, 2.45) is 0 Å². The molecular weight excluding hydrogens is 604 g/mol. The monoisotopic (exact) mass is 628 g/mol. The van der Waals surface area contributed by atoms with Crippen LogP contribution in [0.5, 0.6) is 0 Å². The van der Waals surface area contributed by atoms with E-state index in [1.165, 1.54) is 0 Å². The van der Waals surface area contributed by atoms with Gasteiger partial charge in [0, 0.05) is 46.9 Å². The number of aromatic nitrogens is 6. The van der Waals surface area contributed by atoms with Crippen molar-refractivity contribution in [1.82, 2.24) is 29.9 Å². The van der Waals surface area contributed by atoms with Gasteiger partial charge in [0.1, 0.15) is 11.1 Å². The van der Waals surface area contributed by atoms with Gasteiger partial charge in [-0.15, -0.1) is 0 Å². The molecule has 0 amide bonds. The Morgan fingerprint density at radius 1 is 0.562 bits per heavy atom. The Morgan fingerprint density at radius 2 is 1.21 bits per heavy atom. The molecule has 0 spiro atoms. The number of carboxylic acids is 2. The molecular formula is C38H24N6O4. The minimum atomic E-state index is -1.15. The van der Waals surface area contributed by atoms with Gasteiger partial charge in [0.2, 0.25) is 0 Å². The molecule has 4 N–H and O–H groups in total. The summed E-state index contributed by atoms with van der Waals surface area (Å²) in [7, 11) is 0. The summed E-state index contributed by atoms with van der Waals surface area (Å²) in [6, 6.07) is 22.4. The van der Waals surface area contributed by atoms with E-state index < -0.39 is 11.9 Å². The van der Waals surface area contributed by atoms with E-state index in [0.717, 1.165) is 22.3 Å². The molecule has 0 saturated heterocycles. The van der Waals surface area contributed by atoms with Crippen molar-refractivity contribution in [2.45, 2.75) is 0 Å². The summed E-state index contributed by atoms with van der Waals surface area (Å²) in [5.74, 6) is -2.28. The summed E-state index contributed by atoms with van der Waals surface area (Å²) in [6.07, 6.45) is 13.6. The first-order valence-electron chi connectivity index (χ1n) is 15.0. The lowest BCUT2D eigenvalue weighted by Gasteiger charge is -2.06. The first-order valence-corrected chi connectivity index (χ1v) is 15.0. The Labute approximate surface area is 272 Å². The second-order valence-corrected chi connectivity index (χ2v) is 11.2. The number of rotatable bonds is 5. The molecule has 2 aliphatic rings. The lowest BCUT2D eigenvalue weighted by atomic mass is 9.99. The van der Waals surface area contributed by atoms with E-state index in [4.69, 9.17) is 4.98 Å². The molecule has 0 aliphatic carbocycles.